The van der Waals surface area contributed by atoms with Crippen molar-refractivity contribution in [2.45, 2.75) is 26.2 Å². The number of hydrogen-bond acceptors (Lipinski definition) is 3. The molecule has 2 rings (SSSR count). The van der Waals surface area contributed by atoms with Crippen LogP contribution in [0.15, 0.2) is 0 Å². The quantitative estimate of drug-likeness (QED) is 0.726. The molecule has 1 aliphatic heterocycles. The van der Waals surface area contributed by atoms with E-state index in [9.17, 15) is 4.79 Å². The van der Waals surface area contributed by atoms with E-state index in [1.807, 2.05) is 6.92 Å². The molecule has 1 spiro atoms. The van der Waals surface area contributed by atoms with Crippen LogP contribution in [0.25, 0.3) is 0 Å². The molecular formula is C12H23ClN2O2. The minimum absolute atomic E-state index is 0. The third kappa shape index (κ3) is 3.57. The molecule has 5 heteroatoms. The van der Waals surface area contributed by atoms with Gasteiger partial charge in [0.25, 0.3) is 0 Å². The molecule has 0 aromatic carbocycles. The van der Waals surface area contributed by atoms with Crippen LogP contribution in [0.3, 0.4) is 0 Å². The van der Waals surface area contributed by atoms with Gasteiger partial charge in [0.05, 0.1) is 6.61 Å². The molecule has 2 fully saturated rings. The molecule has 1 saturated heterocycles. The SMILES string of the molecule is CCOCCNC(=O)C1CC12CCNCC2.Cl. The van der Waals surface area contributed by atoms with Crippen molar-refractivity contribution in [3.05, 3.63) is 0 Å². The summed E-state index contributed by atoms with van der Waals surface area (Å²) in [6.07, 6.45) is 3.42. The van der Waals surface area contributed by atoms with Gasteiger partial charge in [0.1, 0.15) is 0 Å². The van der Waals surface area contributed by atoms with E-state index in [2.05, 4.69) is 10.6 Å². The second kappa shape index (κ2) is 6.57. The molecule has 2 N–H and O–H groups in total. The van der Waals surface area contributed by atoms with Gasteiger partial charge in [-0.2, -0.15) is 0 Å². The highest BCUT2D eigenvalue weighted by Crippen LogP contribution is 2.58. The molecule has 0 bridgehead atoms. The van der Waals surface area contributed by atoms with Crippen molar-refractivity contribution < 1.29 is 9.53 Å². The Morgan fingerprint density at radius 3 is 2.82 bits per heavy atom. The first-order valence-electron chi connectivity index (χ1n) is 6.35. The Kier molecular flexibility index (Phi) is 5.70. The highest BCUT2D eigenvalue weighted by Gasteiger charge is 2.57. The van der Waals surface area contributed by atoms with Crippen molar-refractivity contribution in [1.82, 2.24) is 10.6 Å². The maximum atomic E-state index is 11.9. The third-order valence-electron chi connectivity index (χ3n) is 3.86. The maximum absolute atomic E-state index is 11.9. The molecule has 1 unspecified atom stereocenters. The second-order valence-corrected chi connectivity index (χ2v) is 4.86. The van der Waals surface area contributed by atoms with Crippen LogP contribution in [0.5, 0.6) is 0 Å². The van der Waals surface area contributed by atoms with Crippen molar-refractivity contribution in [3.63, 3.8) is 0 Å². The highest BCUT2D eigenvalue weighted by atomic mass is 35.5. The molecule has 100 valence electrons. The zero-order valence-electron chi connectivity index (χ0n) is 10.5. The normalized spacial score (nSPS) is 25.1. The lowest BCUT2D eigenvalue weighted by Gasteiger charge is -2.23. The van der Waals surface area contributed by atoms with Gasteiger partial charge < -0.3 is 15.4 Å². The number of carbonyl (C=O) groups excluding carboxylic acids is 1. The largest absolute Gasteiger partial charge is 0.380 e. The Balaban J connectivity index is 0.00000144. The lowest BCUT2D eigenvalue weighted by molar-refractivity contribution is -0.123. The molecule has 1 aliphatic carbocycles. The fourth-order valence-electron chi connectivity index (χ4n) is 2.71. The van der Waals surface area contributed by atoms with Crippen LogP contribution in [-0.2, 0) is 9.53 Å². The predicted molar refractivity (Wildman–Crippen MR) is 69.4 cm³/mol. The van der Waals surface area contributed by atoms with Crippen LogP contribution < -0.4 is 10.6 Å². The molecule has 1 atom stereocenters. The number of ether oxygens (including phenoxy) is 1. The summed E-state index contributed by atoms with van der Waals surface area (Å²) in [6.45, 7) is 6.11. The standard InChI is InChI=1S/C12H22N2O2.ClH/c1-2-16-8-7-14-11(15)10-9-12(10)3-5-13-6-4-12;/h10,13H,2-9H2,1H3,(H,14,15);1H. The van der Waals surface area contributed by atoms with Crippen LogP contribution in [-0.4, -0.2) is 38.8 Å². The van der Waals surface area contributed by atoms with E-state index in [1.165, 1.54) is 0 Å². The van der Waals surface area contributed by atoms with E-state index in [1.54, 1.807) is 0 Å². The van der Waals surface area contributed by atoms with Crippen LogP contribution in [0.4, 0.5) is 0 Å². The van der Waals surface area contributed by atoms with E-state index >= 15 is 0 Å². The van der Waals surface area contributed by atoms with Crippen molar-refractivity contribution >= 4 is 18.3 Å². The predicted octanol–water partition coefficient (Wildman–Crippen LogP) is 0.951. The van der Waals surface area contributed by atoms with Gasteiger partial charge in [-0.05, 0) is 44.7 Å². The van der Waals surface area contributed by atoms with Gasteiger partial charge in [0.2, 0.25) is 5.91 Å². The Morgan fingerprint density at radius 2 is 2.18 bits per heavy atom. The number of amides is 1. The van der Waals surface area contributed by atoms with Crippen LogP contribution >= 0.6 is 12.4 Å². The molecule has 1 amide bonds. The molecule has 0 radical (unpaired) electrons. The summed E-state index contributed by atoms with van der Waals surface area (Å²) in [5, 5.41) is 6.31. The fraction of sp³-hybridized carbons (Fsp3) is 0.917. The molecule has 17 heavy (non-hydrogen) atoms. The summed E-state index contributed by atoms with van der Waals surface area (Å²) in [5.74, 6) is 0.512. The first kappa shape index (κ1) is 14.7. The van der Waals surface area contributed by atoms with E-state index in [0.29, 0.717) is 18.6 Å². The molecule has 2 aliphatic rings. The number of nitrogens with one attached hydrogen (secondary N) is 2. The molecule has 4 nitrogen and oxygen atoms in total. The number of carbonyl (C=O) groups is 1. The zero-order chi connectivity index (χ0) is 11.4. The first-order chi connectivity index (χ1) is 7.78. The fourth-order valence-corrected chi connectivity index (χ4v) is 2.71. The summed E-state index contributed by atoms with van der Waals surface area (Å²) in [5.41, 5.74) is 0.348. The molecular weight excluding hydrogens is 240 g/mol. The van der Waals surface area contributed by atoms with Crippen LogP contribution in [0.2, 0.25) is 0 Å². The number of piperidine rings is 1. The summed E-state index contributed by atoms with van der Waals surface area (Å²) >= 11 is 0. The minimum Gasteiger partial charge on any atom is -0.380 e. The monoisotopic (exact) mass is 262 g/mol. The van der Waals surface area contributed by atoms with Gasteiger partial charge in [-0.25, -0.2) is 0 Å². The summed E-state index contributed by atoms with van der Waals surface area (Å²) in [6, 6.07) is 0. The van der Waals surface area contributed by atoms with E-state index in [0.717, 1.165) is 39.0 Å². The van der Waals surface area contributed by atoms with Crippen LogP contribution in [0.1, 0.15) is 26.2 Å². The molecule has 0 aromatic heterocycles. The molecule has 1 heterocycles. The van der Waals surface area contributed by atoms with Crippen molar-refractivity contribution in [2.24, 2.45) is 11.3 Å². The smallest absolute Gasteiger partial charge is 0.223 e. The Bertz CT molecular complexity index is 255. The topological polar surface area (TPSA) is 50.4 Å². The minimum atomic E-state index is 0. The van der Waals surface area contributed by atoms with Gasteiger partial charge in [0.15, 0.2) is 0 Å². The molecule has 1 saturated carbocycles. The summed E-state index contributed by atoms with van der Waals surface area (Å²) < 4.78 is 5.20. The Hall–Kier alpha value is -0.320. The average molecular weight is 263 g/mol. The molecule has 0 aromatic rings. The van der Waals surface area contributed by atoms with E-state index < -0.39 is 0 Å². The summed E-state index contributed by atoms with van der Waals surface area (Å²) in [7, 11) is 0. The zero-order valence-corrected chi connectivity index (χ0v) is 11.3. The number of halogens is 1. The number of rotatable bonds is 5. The van der Waals surface area contributed by atoms with E-state index in [4.69, 9.17) is 4.74 Å². The van der Waals surface area contributed by atoms with Gasteiger partial charge in [-0.1, -0.05) is 0 Å². The maximum Gasteiger partial charge on any atom is 0.223 e. The van der Waals surface area contributed by atoms with Gasteiger partial charge in [-0.3, -0.25) is 4.79 Å². The van der Waals surface area contributed by atoms with Crippen molar-refractivity contribution in [2.75, 3.05) is 32.8 Å². The third-order valence-corrected chi connectivity index (χ3v) is 3.86. The second-order valence-electron chi connectivity index (χ2n) is 4.86. The van der Waals surface area contributed by atoms with E-state index in [-0.39, 0.29) is 24.2 Å². The lowest BCUT2D eigenvalue weighted by Crippen LogP contribution is -2.34. The lowest BCUT2D eigenvalue weighted by atomic mass is 9.92. The summed E-state index contributed by atoms with van der Waals surface area (Å²) in [4.78, 5) is 11.9. The van der Waals surface area contributed by atoms with Crippen molar-refractivity contribution in [3.8, 4) is 0 Å². The Morgan fingerprint density at radius 1 is 1.47 bits per heavy atom. The van der Waals surface area contributed by atoms with Gasteiger partial charge in [0, 0.05) is 19.1 Å². The van der Waals surface area contributed by atoms with Crippen molar-refractivity contribution in [1.29, 1.82) is 0 Å². The van der Waals surface area contributed by atoms with Gasteiger partial charge in [-0.15, -0.1) is 12.4 Å². The van der Waals surface area contributed by atoms with Crippen LogP contribution in [0, 0.1) is 11.3 Å². The average Bonchev–Trinajstić information content (AvgIpc) is 2.99. The highest BCUT2D eigenvalue weighted by molar-refractivity contribution is 5.85. The van der Waals surface area contributed by atoms with Gasteiger partial charge >= 0.3 is 0 Å². The Labute approximate surface area is 109 Å². The first-order valence-corrected chi connectivity index (χ1v) is 6.35. The number of hydrogen-bond donors (Lipinski definition) is 2.